The minimum absolute atomic E-state index is 0.0901. The van der Waals surface area contributed by atoms with E-state index in [1.165, 1.54) is 0 Å². The topological polar surface area (TPSA) is 46.2 Å². The van der Waals surface area contributed by atoms with Gasteiger partial charge in [0.15, 0.2) is 0 Å². The van der Waals surface area contributed by atoms with Gasteiger partial charge in [0, 0.05) is 15.5 Å². The molecule has 0 saturated heterocycles. The van der Waals surface area contributed by atoms with E-state index >= 15 is 0 Å². The number of aliphatic hydroxyl groups is 1. The highest BCUT2D eigenvalue weighted by Crippen LogP contribution is 2.28. The van der Waals surface area contributed by atoms with Gasteiger partial charge in [-0.1, -0.05) is 23.9 Å². The second-order valence-electron chi connectivity index (χ2n) is 3.47. The van der Waals surface area contributed by atoms with Gasteiger partial charge in [0.2, 0.25) is 0 Å². The molecule has 0 aliphatic rings. The van der Waals surface area contributed by atoms with Crippen LogP contribution in [0.15, 0.2) is 58.3 Å². The van der Waals surface area contributed by atoms with Crippen molar-refractivity contribution in [2.24, 2.45) is 0 Å². The first-order chi connectivity index (χ1) is 7.78. The van der Waals surface area contributed by atoms with Crippen LogP contribution in [0.1, 0.15) is 5.56 Å². The zero-order valence-corrected chi connectivity index (χ0v) is 9.58. The summed E-state index contributed by atoms with van der Waals surface area (Å²) in [6.07, 6.45) is 0. The number of anilines is 1. The number of hydrogen-bond donors (Lipinski definition) is 2. The number of benzene rings is 2. The quantitative estimate of drug-likeness (QED) is 0.798. The molecule has 2 nitrogen and oxygen atoms in total. The van der Waals surface area contributed by atoms with Gasteiger partial charge in [-0.2, -0.15) is 0 Å². The summed E-state index contributed by atoms with van der Waals surface area (Å²) in [6, 6.07) is 15.7. The third-order valence-corrected chi connectivity index (χ3v) is 3.24. The average molecular weight is 231 g/mol. The Morgan fingerprint density at radius 1 is 0.875 bits per heavy atom. The highest BCUT2D eigenvalue weighted by Gasteiger charge is 1.97. The molecule has 0 unspecified atom stereocenters. The zero-order valence-electron chi connectivity index (χ0n) is 8.76. The summed E-state index contributed by atoms with van der Waals surface area (Å²) < 4.78 is 0. The molecule has 3 N–H and O–H groups in total. The summed E-state index contributed by atoms with van der Waals surface area (Å²) in [4.78, 5) is 2.31. The van der Waals surface area contributed by atoms with E-state index < -0.39 is 0 Å². The summed E-state index contributed by atoms with van der Waals surface area (Å²) in [5.41, 5.74) is 7.33. The lowest BCUT2D eigenvalue weighted by molar-refractivity contribution is 0.282. The fraction of sp³-hybridized carbons (Fsp3) is 0.0769. The predicted octanol–water partition coefficient (Wildman–Crippen LogP) is 2.91. The molecule has 0 atom stereocenters. The van der Waals surface area contributed by atoms with Gasteiger partial charge in [0.05, 0.1) is 6.61 Å². The lowest BCUT2D eigenvalue weighted by atomic mass is 10.2. The molecule has 3 heteroatoms. The molecule has 0 aromatic heterocycles. The summed E-state index contributed by atoms with van der Waals surface area (Å²) in [7, 11) is 0. The van der Waals surface area contributed by atoms with Crippen molar-refractivity contribution in [2.45, 2.75) is 16.4 Å². The van der Waals surface area contributed by atoms with Crippen LogP contribution in [0.3, 0.4) is 0 Å². The Bertz CT molecular complexity index is 450. The first-order valence-corrected chi connectivity index (χ1v) is 5.83. The van der Waals surface area contributed by atoms with Gasteiger partial charge < -0.3 is 10.8 Å². The molecule has 0 heterocycles. The van der Waals surface area contributed by atoms with Crippen LogP contribution in [0, 0.1) is 0 Å². The third kappa shape index (κ3) is 2.78. The number of hydrogen-bond acceptors (Lipinski definition) is 3. The van der Waals surface area contributed by atoms with Crippen LogP contribution in [0.5, 0.6) is 0 Å². The Balaban J connectivity index is 2.11. The maximum Gasteiger partial charge on any atom is 0.0681 e. The molecular weight excluding hydrogens is 218 g/mol. The van der Waals surface area contributed by atoms with Crippen molar-refractivity contribution in [1.29, 1.82) is 0 Å². The summed E-state index contributed by atoms with van der Waals surface area (Å²) in [5, 5.41) is 8.93. The number of nitrogen functional groups attached to an aromatic ring is 1. The summed E-state index contributed by atoms with van der Waals surface area (Å²) in [5.74, 6) is 0. The molecule has 0 radical (unpaired) electrons. The van der Waals surface area contributed by atoms with E-state index in [4.69, 9.17) is 10.8 Å². The Labute approximate surface area is 99.1 Å². The lowest BCUT2D eigenvalue weighted by Gasteiger charge is -2.03. The Morgan fingerprint density at radius 2 is 1.38 bits per heavy atom. The second-order valence-corrected chi connectivity index (χ2v) is 4.62. The Morgan fingerprint density at radius 3 is 1.88 bits per heavy atom. The minimum Gasteiger partial charge on any atom is -0.399 e. The van der Waals surface area contributed by atoms with Gasteiger partial charge in [-0.05, 0) is 42.0 Å². The second kappa shape index (κ2) is 5.05. The maximum absolute atomic E-state index is 8.93. The fourth-order valence-electron chi connectivity index (χ4n) is 1.33. The normalized spacial score (nSPS) is 10.3. The van der Waals surface area contributed by atoms with E-state index in [2.05, 4.69) is 0 Å². The molecule has 0 aliphatic heterocycles. The van der Waals surface area contributed by atoms with Gasteiger partial charge in [0.1, 0.15) is 0 Å². The zero-order chi connectivity index (χ0) is 11.4. The first-order valence-electron chi connectivity index (χ1n) is 5.01. The first kappa shape index (κ1) is 11.0. The van der Waals surface area contributed by atoms with E-state index in [-0.39, 0.29) is 6.61 Å². The molecule has 2 aromatic rings. The molecule has 82 valence electrons. The smallest absolute Gasteiger partial charge is 0.0681 e. The molecule has 16 heavy (non-hydrogen) atoms. The van der Waals surface area contributed by atoms with Crippen LogP contribution in [-0.2, 0) is 6.61 Å². The van der Waals surface area contributed by atoms with Crippen LogP contribution in [0.4, 0.5) is 5.69 Å². The molecule has 0 fully saturated rings. The molecule has 2 aromatic carbocycles. The molecule has 2 rings (SSSR count). The Kier molecular flexibility index (Phi) is 3.49. The fourth-order valence-corrected chi connectivity index (χ4v) is 2.15. The van der Waals surface area contributed by atoms with Crippen LogP contribution >= 0.6 is 11.8 Å². The molecule has 0 spiro atoms. The van der Waals surface area contributed by atoms with Crippen molar-refractivity contribution < 1.29 is 5.11 Å². The maximum atomic E-state index is 8.93. The number of nitrogens with two attached hydrogens (primary N) is 1. The van der Waals surface area contributed by atoms with Gasteiger partial charge in [-0.15, -0.1) is 0 Å². The number of aliphatic hydroxyl groups excluding tert-OH is 1. The average Bonchev–Trinajstić information content (AvgIpc) is 2.33. The van der Waals surface area contributed by atoms with Gasteiger partial charge in [0.25, 0.3) is 0 Å². The van der Waals surface area contributed by atoms with E-state index in [0.717, 1.165) is 21.0 Å². The van der Waals surface area contributed by atoms with Gasteiger partial charge in [-0.3, -0.25) is 0 Å². The molecular formula is C13H13NOS. The number of rotatable bonds is 3. The molecule has 0 amide bonds. The third-order valence-electron chi connectivity index (χ3n) is 2.22. The van der Waals surface area contributed by atoms with Crippen LogP contribution in [0.2, 0.25) is 0 Å². The van der Waals surface area contributed by atoms with Crippen molar-refractivity contribution >= 4 is 17.4 Å². The monoisotopic (exact) mass is 231 g/mol. The largest absolute Gasteiger partial charge is 0.399 e. The van der Waals surface area contributed by atoms with E-state index in [9.17, 15) is 0 Å². The van der Waals surface area contributed by atoms with Crippen LogP contribution in [-0.4, -0.2) is 5.11 Å². The minimum atomic E-state index is 0.0901. The highest BCUT2D eigenvalue weighted by molar-refractivity contribution is 7.99. The van der Waals surface area contributed by atoms with Crippen molar-refractivity contribution in [3.63, 3.8) is 0 Å². The van der Waals surface area contributed by atoms with Crippen molar-refractivity contribution in [3.05, 3.63) is 54.1 Å². The standard InChI is InChI=1S/C13H13NOS/c14-11-3-7-13(8-4-11)16-12-5-1-10(9-15)2-6-12/h1-8,15H,9,14H2. The molecule has 0 bridgehead atoms. The Hall–Kier alpha value is -1.45. The van der Waals surface area contributed by atoms with Gasteiger partial charge in [-0.25, -0.2) is 0 Å². The van der Waals surface area contributed by atoms with Crippen LogP contribution in [0.25, 0.3) is 0 Å². The van der Waals surface area contributed by atoms with E-state index in [1.54, 1.807) is 11.8 Å². The predicted molar refractivity (Wildman–Crippen MR) is 67.3 cm³/mol. The van der Waals surface area contributed by atoms with E-state index in [1.807, 2.05) is 48.5 Å². The van der Waals surface area contributed by atoms with Crippen LogP contribution < -0.4 is 5.73 Å². The van der Waals surface area contributed by atoms with E-state index in [0.29, 0.717) is 0 Å². The molecule has 0 aliphatic carbocycles. The van der Waals surface area contributed by atoms with Gasteiger partial charge >= 0.3 is 0 Å². The summed E-state index contributed by atoms with van der Waals surface area (Å²) in [6.45, 7) is 0.0901. The SMILES string of the molecule is Nc1ccc(Sc2ccc(CO)cc2)cc1. The van der Waals surface area contributed by atoms with Crippen molar-refractivity contribution in [1.82, 2.24) is 0 Å². The lowest BCUT2D eigenvalue weighted by Crippen LogP contribution is -1.83. The van der Waals surface area contributed by atoms with Crippen molar-refractivity contribution in [2.75, 3.05) is 5.73 Å². The van der Waals surface area contributed by atoms with Crippen molar-refractivity contribution in [3.8, 4) is 0 Å². The summed E-state index contributed by atoms with van der Waals surface area (Å²) >= 11 is 1.68. The molecule has 0 saturated carbocycles. The highest BCUT2D eigenvalue weighted by atomic mass is 32.2.